The molecule has 2 radical (unpaired) electrons. The van der Waals surface area contributed by atoms with Crippen LogP contribution in [-0.2, 0) is 0 Å². The summed E-state index contributed by atoms with van der Waals surface area (Å²) >= 11 is 3.69. The van der Waals surface area contributed by atoms with E-state index in [0.29, 0.717) is 22.9 Å². The molecule has 5 aromatic carbocycles. The number of rotatable bonds is 5. The van der Waals surface area contributed by atoms with Crippen LogP contribution in [0, 0.1) is 0 Å². The predicted molar refractivity (Wildman–Crippen MR) is 160 cm³/mol. The molecule has 0 unspecified atom stereocenters. The van der Waals surface area contributed by atoms with Crippen LogP contribution in [0.5, 0.6) is 0 Å². The van der Waals surface area contributed by atoms with Crippen molar-refractivity contribution in [3.63, 3.8) is 0 Å². The lowest BCUT2D eigenvalue weighted by Crippen LogP contribution is -2.05. The van der Waals surface area contributed by atoms with E-state index in [1.54, 1.807) is 0 Å². The Balaban J connectivity index is 1.54. The summed E-state index contributed by atoms with van der Waals surface area (Å²) in [7, 11) is 6.36. The first-order valence-corrected chi connectivity index (χ1v) is 13.1. The molecule has 0 fully saturated rings. The summed E-state index contributed by atoms with van der Waals surface area (Å²) in [5.41, 5.74) is 7.59. The van der Waals surface area contributed by atoms with Gasteiger partial charge in [-0.2, -0.15) is 0 Å². The fraction of sp³-hybridized carbons (Fsp3) is 0. The van der Waals surface area contributed by atoms with Gasteiger partial charge in [-0.15, -0.1) is 0 Å². The summed E-state index contributed by atoms with van der Waals surface area (Å²) in [6.45, 7) is 0. The Kier molecular flexibility index (Phi) is 6.68. The Morgan fingerprint density at radius 2 is 0.763 bits per heavy atom. The SMILES string of the molecule is [B]c1cc(-c2ccccc2)cc(-c2nc(-c3ccccc3)nc(-c3cc(Br)cc(-c4ccccc4)c3)n2)c1. The van der Waals surface area contributed by atoms with E-state index < -0.39 is 0 Å². The fourth-order valence-electron chi connectivity index (χ4n) is 4.44. The molecule has 0 aliphatic rings. The van der Waals surface area contributed by atoms with Crippen molar-refractivity contribution in [1.29, 1.82) is 0 Å². The van der Waals surface area contributed by atoms with E-state index in [1.807, 2.05) is 84.9 Å². The minimum absolute atomic E-state index is 0.569. The van der Waals surface area contributed by atoms with Gasteiger partial charge in [0.25, 0.3) is 0 Å². The molecule has 0 aliphatic carbocycles. The average Bonchev–Trinajstić information content (AvgIpc) is 2.97. The number of halogens is 1. The van der Waals surface area contributed by atoms with Crippen molar-refractivity contribution in [3.8, 4) is 56.4 Å². The number of hydrogen-bond acceptors (Lipinski definition) is 3. The first-order valence-electron chi connectivity index (χ1n) is 12.3. The van der Waals surface area contributed by atoms with Crippen LogP contribution in [-0.4, -0.2) is 22.8 Å². The minimum atomic E-state index is 0.569. The van der Waals surface area contributed by atoms with E-state index in [4.69, 9.17) is 22.8 Å². The maximum Gasteiger partial charge on any atom is 0.164 e. The Morgan fingerprint density at radius 1 is 0.395 bits per heavy atom. The van der Waals surface area contributed by atoms with Crippen molar-refractivity contribution in [2.24, 2.45) is 0 Å². The Bertz CT molecular complexity index is 1620. The van der Waals surface area contributed by atoms with Gasteiger partial charge in [0.05, 0.1) is 0 Å². The van der Waals surface area contributed by atoms with Gasteiger partial charge in [0, 0.05) is 21.2 Å². The van der Waals surface area contributed by atoms with E-state index >= 15 is 0 Å². The summed E-state index contributed by atoms with van der Waals surface area (Å²) < 4.78 is 0.951. The summed E-state index contributed by atoms with van der Waals surface area (Å²) in [5.74, 6) is 1.77. The van der Waals surface area contributed by atoms with Crippen LogP contribution in [0.3, 0.4) is 0 Å². The van der Waals surface area contributed by atoms with E-state index in [1.165, 1.54) is 0 Å². The van der Waals surface area contributed by atoms with Crippen LogP contribution in [0.1, 0.15) is 0 Å². The quantitative estimate of drug-likeness (QED) is 0.206. The number of aromatic nitrogens is 3. The summed E-state index contributed by atoms with van der Waals surface area (Å²) in [6.07, 6.45) is 0. The summed E-state index contributed by atoms with van der Waals surface area (Å²) in [4.78, 5) is 14.7. The second-order valence-corrected chi connectivity index (χ2v) is 9.89. The number of hydrogen-bond donors (Lipinski definition) is 0. The van der Waals surface area contributed by atoms with E-state index in [2.05, 4.69) is 58.4 Å². The van der Waals surface area contributed by atoms with Gasteiger partial charge in [0.2, 0.25) is 0 Å². The van der Waals surface area contributed by atoms with Gasteiger partial charge in [0.1, 0.15) is 7.85 Å². The molecule has 1 aromatic heterocycles. The van der Waals surface area contributed by atoms with Crippen molar-refractivity contribution in [3.05, 3.63) is 132 Å². The smallest absolute Gasteiger partial charge is 0.164 e. The van der Waals surface area contributed by atoms with Crippen molar-refractivity contribution < 1.29 is 0 Å². The largest absolute Gasteiger partial charge is 0.208 e. The summed E-state index contributed by atoms with van der Waals surface area (Å²) in [5, 5.41) is 0. The van der Waals surface area contributed by atoms with Crippen LogP contribution in [0.2, 0.25) is 0 Å². The second kappa shape index (κ2) is 10.6. The second-order valence-electron chi connectivity index (χ2n) is 8.98. The highest BCUT2D eigenvalue weighted by molar-refractivity contribution is 9.10. The van der Waals surface area contributed by atoms with Crippen molar-refractivity contribution in [2.75, 3.05) is 0 Å². The van der Waals surface area contributed by atoms with Gasteiger partial charge < -0.3 is 0 Å². The molecule has 0 aliphatic heterocycles. The van der Waals surface area contributed by atoms with Gasteiger partial charge in [-0.1, -0.05) is 125 Å². The molecule has 6 rings (SSSR count). The zero-order valence-corrected chi connectivity index (χ0v) is 22.0. The fourth-order valence-corrected chi connectivity index (χ4v) is 4.94. The minimum Gasteiger partial charge on any atom is -0.208 e. The predicted octanol–water partition coefficient (Wildman–Crippen LogP) is 7.76. The highest BCUT2D eigenvalue weighted by Crippen LogP contribution is 2.32. The molecular formula is C33H21BBrN3. The molecule has 6 aromatic rings. The van der Waals surface area contributed by atoms with Gasteiger partial charge in [-0.05, 0) is 46.5 Å². The van der Waals surface area contributed by atoms with Crippen LogP contribution in [0.4, 0.5) is 0 Å². The molecule has 0 N–H and O–H groups in total. The van der Waals surface area contributed by atoms with Gasteiger partial charge >= 0.3 is 0 Å². The molecule has 1 heterocycles. The van der Waals surface area contributed by atoms with Gasteiger partial charge in [0.15, 0.2) is 17.5 Å². The third-order valence-electron chi connectivity index (χ3n) is 6.25. The highest BCUT2D eigenvalue weighted by Gasteiger charge is 2.15. The van der Waals surface area contributed by atoms with Crippen molar-refractivity contribution >= 4 is 29.2 Å². The molecule has 0 saturated heterocycles. The zero-order valence-electron chi connectivity index (χ0n) is 20.4. The third kappa shape index (κ3) is 5.20. The van der Waals surface area contributed by atoms with E-state index in [9.17, 15) is 0 Å². The molecule has 5 heteroatoms. The van der Waals surface area contributed by atoms with Gasteiger partial charge in [-0.3, -0.25) is 0 Å². The topological polar surface area (TPSA) is 38.7 Å². The maximum atomic E-state index is 6.36. The van der Waals surface area contributed by atoms with Crippen LogP contribution >= 0.6 is 15.9 Å². The molecule has 0 spiro atoms. The average molecular weight is 550 g/mol. The van der Waals surface area contributed by atoms with Gasteiger partial charge in [-0.25, -0.2) is 15.0 Å². The molecule has 0 saturated carbocycles. The van der Waals surface area contributed by atoms with Crippen LogP contribution in [0.25, 0.3) is 56.4 Å². The Morgan fingerprint density at radius 3 is 1.29 bits per heavy atom. The molecule has 3 nitrogen and oxygen atoms in total. The third-order valence-corrected chi connectivity index (χ3v) is 6.71. The Labute approximate surface area is 231 Å². The lowest BCUT2D eigenvalue weighted by molar-refractivity contribution is 1.07. The lowest BCUT2D eigenvalue weighted by Gasteiger charge is -2.12. The maximum absolute atomic E-state index is 6.36. The molecule has 0 bridgehead atoms. The van der Waals surface area contributed by atoms with E-state index in [-0.39, 0.29) is 0 Å². The first kappa shape index (κ1) is 24.0. The first-order chi connectivity index (χ1) is 18.6. The Hall–Kier alpha value is -4.35. The number of benzene rings is 5. The van der Waals surface area contributed by atoms with E-state index in [0.717, 1.165) is 43.4 Å². The highest BCUT2D eigenvalue weighted by atomic mass is 79.9. The monoisotopic (exact) mass is 549 g/mol. The zero-order chi connectivity index (χ0) is 25.9. The lowest BCUT2D eigenvalue weighted by atomic mass is 9.89. The molecule has 178 valence electrons. The molecular weight excluding hydrogens is 529 g/mol. The molecule has 0 atom stereocenters. The summed E-state index contributed by atoms with van der Waals surface area (Å²) in [6, 6.07) is 42.6. The molecule has 38 heavy (non-hydrogen) atoms. The normalized spacial score (nSPS) is 10.9. The number of nitrogens with zero attached hydrogens (tertiary/aromatic N) is 3. The standard InChI is InChI=1S/C33H21BBrN3/c34-29-18-25(22-10-4-1-5-11-22)16-27(19-29)32-36-31(24-14-8-3-9-15-24)37-33(38-32)28-17-26(20-30(35)21-28)23-12-6-2-7-13-23/h1-21H. The molecule has 0 amide bonds. The van der Waals surface area contributed by atoms with Crippen molar-refractivity contribution in [2.45, 2.75) is 0 Å². The van der Waals surface area contributed by atoms with Crippen LogP contribution in [0.15, 0.2) is 132 Å². The van der Waals surface area contributed by atoms with Crippen LogP contribution < -0.4 is 5.46 Å². The van der Waals surface area contributed by atoms with Crippen molar-refractivity contribution in [1.82, 2.24) is 15.0 Å².